The standard InChI is InChI=1S/C21H29N3O2S2/c1-2-3-6-13-7-4-9-15(13)22-18(25)12-27-11-17-23-20(26)19-14-8-5-10-16(14)28-21(19)24-17/h13,15H,2-12H2,1H3,(H,22,25)(H,23,24,26). The molecule has 28 heavy (non-hydrogen) atoms. The van der Waals surface area contributed by atoms with E-state index in [1.165, 1.54) is 54.3 Å². The van der Waals surface area contributed by atoms with E-state index < -0.39 is 0 Å². The van der Waals surface area contributed by atoms with E-state index in [0.717, 1.165) is 35.9 Å². The third-order valence-corrected chi connectivity index (χ3v) is 8.16. The zero-order chi connectivity index (χ0) is 19.5. The van der Waals surface area contributed by atoms with Crippen molar-refractivity contribution in [2.24, 2.45) is 5.92 Å². The Morgan fingerprint density at radius 1 is 1.32 bits per heavy atom. The first-order valence-electron chi connectivity index (χ1n) is 10.6. The minimum absolute atomic E-state index is 0.0193. The highest BCUT2D eigenvalue weighted by Gasteiger charge is 2.27. The van der Waals surface area contributed by atoms with Gasteiger partial charge in [0.1, 0.15) is 10.7 Å². The van der Waals surface area contributed by atoms with Crippen LogP contribution >= 0.6 is 23.1 Å². The minimum Gasteiger partial charge on any atom is -0.352 e. The van der Waals surface area contributed by atoms with Crippen LogP contribution in [0.5, 0.6) is 0 Å². The monoisotopic (exact) mass is 419 g/mol. The highest BCUT2D eigenvalue weighted by molar-refractivity contribution is 7.99. The molecule has 152 valence electrons. The topological polar surface area (TPSA) is 74.8 Å². The number of thioether (sulfide) groups is 1. The molecule has 2 heterocycles. The molecule has 7 heteroatoms. The number of fused-ring (bicyclic) bond motifs is 3. The largest absolute Gasteiger partial charge is 0.352 e. The second kappa shape index (κ2) is 8.99. The molecule has 0 aliphatic heterocycles. The number of carbonyl (C=O) groups excluding carboxylic acids is 1. The predicted octanol–water partition coefficient (Wildman–Crippen LogP) is 4.18. The van der Waals surface area contributed by atoms with Crippen LogP contribution in [0.1, 0.15) is 68.1 Å². The van der Waals surface area contributed by atoms with Gasteiger partial charge in [-0.3, -0.25) is 9.59 Å². The second-order valence-electron chi connectivity index (χ2n) is 8.05. The van der Waals surface area contributed by atoms with Gasteiger partial charge in [-0.1, -0.05) is 26.2 Å². The minimum atomic E-state index is -0.0193. The van der Waals surface area contributed by atoms with Gasteiger partial charge in [0, 0.05) is 10.9 Å². The maximum atomic E-state index is 12.5. The summed E-state index contributed by atoms with van der Waals surface area (Å²) in [5.41, 5.74) is 1.19. The third kappa shape index (κ3) is 4.30. The molecule has 2 atom stereocenters. The molecule has 1 amide bonds. The first kappa shape index (κ1) is 20.0. The summed E-state index contributed by atoms with van der Waals surface area (Å²) in [4.78, 5) is 34.6. The van der Waals surface area contributed by atoms with Crippen LogP contribution in [-0.4, -0.2) is 27.7 Å². The highest BCUT2D eigenvalue weighted by atomic mass is 32.2. The molecule has 0 spiro atoms. The van der Waals surface area contributed by atoms with E-state index in [1.807, 2.05) is 0 Å². The van der Waals surface area contributed by atoms with Gasteiger partial charge < -0.3 is 10.3 Å². The van der Waals surface area contributed by atoms with E-state index in [0.29, 0.717) is 29.3 Å². The number of hydrogen-bond acceptors (Lipinski definition) is 5. The molecule has 2 aliphatic rings. The zero-order valence-corrected chi connectivity index (χ0v) is 18.1. The summed E-state index contributed by atoms with van der Waals surface area (Å²) in [5, 5.41) is 4.04. The SMILES string of the molecule is CCCCC1CCCC1NC(=O)CSCc1nc2sc3c(c2c(=O)[nH]1)CCC3. The Morgan fingerprint density at radius 3 is 3.07 bits per heavy atom. The van der Waals surface area contributed by atoms with Gasteiger partial charge in [-0.05, 0) is 50.0 Å². The molecule has 0 saturated heterocycles. The molecule has 1 fully saturated rings. The van der Waals surface area contributed by atoms with Crippen LogP contribution in [0, 0.1) is 5.92 Å². The van der Waals surface area contributed by atoms with E-state index in [-0.39, 0.29) is 11.5 Å². The van der Waals surface area contributed by atoms with E-state index in [4.69, 9.17) is 0 Å². The fraction of sp³-hybridized carbons (Fsp3) is 0.667. The first-order valence-corrected chi connectivity index (χ1v) is 12.5. The molecule has 2 aliphatic carbocycles. The molecule has 0 radical (unpaired) electrons. The molecule has 0 aromatic carbocycles. The Morgan fingerprint density at radius 2 is 2.21 bits per heavy atom. The molecule has 2 unspecified atom stereocenters. The Labute approximate surface area is 174 Å². The lowest BCUT2D eigenvalue weighted by atomic mass is 9.97. The zero-order valence-electron chi connectivity index (χ0n) is 16.5. The summed E-state index contributed by atoms with van der Waals surface area (Å²) in [6.45, 7) is 2.22. The van der Waals surface area contributed by atoms with Gasteiger partial charge in [0.15, 0.2) is 0 Å². The molecule has 2 aromatic heterocycles. The lowest BCUT2D eigenvalue weighted by molar-refractivity contribution is -0.119. The Hall–Kier alpha value is -1.34. The first-order chi connectivity index (χ1) is 13.7. The van der Waals surface area contributed by atoms with Crippen LogP contribution in [-0.2, 0) is 23.4 Å². The Bertz CT molecular complexity index is 905. The predicted molar refractivity (Wildman–Crippen MR) is 117 cm³/mol. The second-order valence-corrected chi connectivity index (χ2v) is 10.1. The van der Waals surface area contributed by atoms with Crippen molar-refractivity contribution < 1.29 is 4.79 Å². The number of aromatic amines is 1. The van der Waals surface area contributed by atoms with Crippen molar-refractivity contribution in [1.82, 2.24) is 15.3 Å². The van der Waals surface area contributed by atoms with Crippen molar-refractivity contribution in [3.05, 3.63) is 26.6 Å². The van der Waals surface area contributed by atoms with E-state index in [1.54, 1.807) is 11.3 Å². The summed E-state index contributed by atoms with van der Waals surface area (Å²) in [6, 6.07) is 0.349. The Balaban J connectivity index is 1.30. The quantitative estimate of drug-likeness (QED) is 0.673. The fourth-order valence-electron chi connectivity index (χ4n) is 4.64. The van der Waals surface area contributed by atoms with Crippen LogP contribution in [0.4, 0.5) is 0 Å². The normalized spacial score (nSPS) is 21.3. The number of amides is 1. The number of unbranched alkanes of at least 4 members (excludes halogenated alkanes) is 1. The lowest BCUT2D eigenvalue weighted by Gasteiger charge is -2.20. The summed E-state index contributed by atoms with van der Waals surface area (Å²) in [6.07, 6.45) is 10.5. The maximum absolute atomic E-state index is 12.5. The van der Waals surface area contributed by atoms with Gasteiger partial charge >= 0.3 is 0 Å². The molecule has 2 N–H and O–H groups in total. The molecule has 4 rings (SSSR count). The van der Waals surface area contributed by atoms with Crippen molar-refractivity contribution in [1.29, 1.82) is 0 Å². The van der Waals surface area contributed by atoms with Crippen molar-refractivity contribution >= 4 is 39.2 Å². The smallest absolute Gasteiger partial charge is 0.259 e. The van der Waals surface area contributed by atoms with Crippen molar-refractivity contribution in [3.8, 4) is 0 Å². The van der Waals surface area contributed by atoms with E-state index in [2.05, 4.69) is 22.2 Å². The number of nitrogens with zero attached hydrogens (tertiary/aromatic N) is 1. The fourth-order valence-corrected chi connectivity index (χ4v) is 6.62. The molecular weight excluding hydrogens is 390 g/mol. The number of H-pyrrole nitrogens is 1. The van der Waals surface area contributed by atoms with Gasteiger partial charge in [-0.15, -0.1) is 23.1 Å². The van der Waals surface area contributed by atoms with E-state index in [9.17, 15) is 9.59 Å². The highest BCUT2D eigenvalue weighted by Crippen LogP contribution is 2.34. The number of hydrogen-bond donors (Lipinski definition) is 2. The number of aromatic nitrogens is 2. The average molecular weight is 420 g/mol. The maximum Gasteiger partial charge on any atom is 0.259 e. The van der Waals surface area contributed by atoms with Crippen molar-refractivity contribution in [2.75, 3.05) is 5.75 Å². The molecule has 5 nitrogen and oxygen atoms in total. The number of aryl methyl sites for hydroxylation is 2. The molecule has 1 saturated carbocycles. The van der Waals surface area contributed by atoms with Crippen LogP contribution < -0.4 is 10.9 Å². The summed E-state index contributed by atoms with van der Waals surface area (Å²) in [5.74, 6) is 2.41. The van der Waals surface area contributed by atoms with Gasteiger partial charge in [0.2, 0.25) is 5.91 Å². The number of carbonyl (C=O) groups is 1. The Kier molecular flexibility index (Phi) is 6.41. The number of nitrogens with one attached hydrogen (secondary N) is 2. The summed E-state index contributed by atoms with van der Waals surface area (Å²) >= 11 is 3.19. The van der Waals surface area contributed by atoms with Gasteiger partial charge in [-0.2, -0.15) is 0 Å². The molecular formula is C21H29N3O2S2. The lowest BCUT2D eigenvalue weighted by Crippen LogP contribution is -2.38. The van der Waals surface area contributed by atoms with Gasteiger partial charge in [0.05, 0.1) is 16.9 Å². The number of rotatable bonds is 8. The summed E-state index contributed by atoms with van der Waals surface area (Å²) in [7, 11) is 0. The van der Waals surface area contributed by atoms with Crippen LogP contribution in [0.3, 0.4) is 0 Å². The van der Waals surface area contributed by atoms with Gasteiger partial charge in [-0.25, -0.2) is 4.98 Å². The van der Waals surface area contributed by atoms with Crippen LogP contribution in [0.25, 0.3) is 10.2 Å². The van der Waals surface area contributed by atoms with Crippen LogP contribution in [0.15, 0.2) is 4.79 Å². The van der Waals surface area contributed by atoms with Crippen molar-refractivity contribution in [2.45, 2.75) is 76.5 Å². The van der Waals surface area contributed by atoms with Crippen LogP contribution in [0.2, 0.25) is 0 Å². The average Bonchev–Trinajstić information content (AvgIpc) is 3.35. The van der Waals surface area contributed by atoms with E-state index >= 15 is 0 Å². The number of thiophene rings is 1. The molecule has 2 aromatic rings. The summed E-state index contributed by atoms with van der Waals surface area (Å²) < 4.78 is 0. The van der Waals surface area contributed by atoms with Crippen molar-refractivity contribution in [3.63, 3.8) is 0 Å². The third-order valence-electron chi connectivity index (χ3n) is 6.03. The van der Waals surface area contributed by atoms with Gasteiger partial charge in [0.25, 0.3) is 5.56 Å². The molecule has 0 bridgehead atoms.